The summed E-state index contributed by atoms with van der Waals surface area (Å²) in [5, 5.41) is 1.08. The van der Waals surface area contributed by atoms with E-state index in [4.69, 9.17) is 4.84 Å². The highest BCUT2D eigenvalue weighted by Gasteiger charge is 2.14. The highest BCUT2D eigenvalue weighted by molar-refractivity contribution is 6.02. The Hall–Kier alpha value is -2.10. The van der Waals surface area contributed by atoms with E-state index in [1.54, 1.807) is 7.11 Å². The van der Waals surface area contributed by atoms with E-state index >= 15 is 0 Å². The van der Waals surface area contributed by atoms with Crippen molar-refractivity contribution in [2.24, 2.45) is 0 Å². The average Bonchev–Trinajstić information content (AvgIpc) is 2.83. The van der Waals surface area contributed by atoms with Gasteiger partial charge in [0.05, 0.1) is 11.7 Å². The molecule has 0 N–H and O–H groups in total. The van der Waals surface area contributed by atoms with E-state index in [1.807, 2.05) is 29.1 Å². The van der Waals surface area contributed by atoms with Crippen molar-refractivity contribution >= 4 is 21.9 Å². The number of benzene rings is 1. The van der Waals surface area contributed by atoms with E-state index in [0.29, 0.717) is 0 Å². The van der Waals surface area contributed by atoms with Gasteiger partial charge in [0.2, 0.25) is 0 Å². The molecule has 3 rings (SSSR count). The van der Waals surface area contributed by atoms with E-state index < -0.39 is 0 Å². The van der Waals surface area contributed by atoms with Crippen molar-refractivity contribution in [2.45, 2.75) is 26.2 Å². The van der Waals surface area contributed by atoms with Crippen LogP contribution in [0.4, 0.5) is 0 Å². The number of pyridine rings is 1. The maximum atomic E-state index is 5.53. The molecule has 98 valence electrons. The minimum absolute atomic E-state index is 0.895. The van der Waals surface area contributed by atoms with Gasteiger partial charge in [-0.25, -0.2) is 4.98 Å². The summed E-state index contributed by atoms with van der Waals surface area (Å²) in [5.74, 6) is 0.970. The van der Waals surface area contributed by atoms with Crippen LogP contribution in [-0.4, -0.2) is 21.8 Å². The molecule has 0 atom stereocenters. The summed E-state index contributed by atoms with van der Waals surface area (Å²) in [6.45, 7) is 2.18. The van der Waals surface area contributed by atoms with Gasteiger partial charge >= 0.3 is 0 Å². The second-order valence-corrected chi connectivity index (χ2v) is 4.62. The summed E-state index contributed by atoms with van der Waals surface area (Å²) in [7, 11) is 1.69. The average molecular weight is 255 g/mol. The number of imidazole rings is 1. The van der Waals surface area contributed by atoms with Crippen LogP contribution in [0.25, 0.3) is 21.9 Å². The van der Waals surface area contributed by atoms with Gasteiger partial charge in [-0.1, -0.05) is 31.5 Å². The zero-order chi connectivity index (χ0) is 13.2. The summed E-state index contributed by atoms with van der Waals surface area (Å²) in [6, 6.07) is 8.08. The Bertz CT molecular complexity index is 718. The fraction of sp³-hybridized carbons (Fsp3) is 0.333. The zero-order valence-electron chi connectivity index (χ0n) is 11.3. The highest BCUT2D eigenvalue weighted by atomic mass is 16.6. The fourth-order valence-corrected chi connectivity index (χ4v) is 2.41. The van der Waals surface area contributed by atoms with Crippen LogP contribution in [0.2, 0.25) is 0 Å². The minimum atomic E-state index is 0.895. The van der Waals surface area contributed by atoms with Gasteiger partial charge in [-0.2, -0.15) is 4.73 Å². The second kappa shape index (κ2) is 4.88. The van der Waals surface area contributed by atoms with E-state index in [0.717, 1.165) is 47.0 Å². The lowest BCUT2D eigenvalue weighted by molar-refractivity contribution is 0.168. The lowest BCUT2D eigenvalue weighted by Gasteiger charge is -2.07. The standard InChI is InChI=1S/C15H17N3O/c1-3-4-9-14-17-13-10-16-12-8-6-5-7-11(12)15(13)18(14)19-2/h5-8,10H,3-4,9H2,1-2H3. The monoisotopic (exact) mass is 255 g/mol. The van der Waals surface area contributed by atoms with Crippen LogP contribution in [0, 0.1) is 0 Å². The first kappa shape index (κ1) is 12.0. The maximum Gasteiger partial charge on any atom is 0.146 e. The normalized spacial score (nSPS) is 11.3. The topological polar surface area (TPSA) is 39.9 Å². The first-order valence-electron chi connectivity index (χ1n) is 6.64. The van der Waals surface area contributed by atoms with E-state index in [1.165, 1.54) is 0 Å². The van der Waals surface area contributed by atoms with Gasteiger partial charge in [-0.05, 0) is 12.5 Å². The Kier molecular flexibility index (Phi) is 3.07. The molecule has 0 aliphatic rings. The first-order valence-corrected chi connectivity index (χ1v) is 6.64. The summed E-state index contributed by atoms with van der Waals surface area (Å²) < 4.78 is 1.84. The largest absolute Gasteiger partial charge is 0.415 e. The lowest BCUT2D eigenvalue weighted by Crippen LogP contribution is -2.10. The summed E-state index contributed by atoms with van der Waals surface area (Å²) in [4.78, 5) is 14.6. The van der Waals surface area contributed by atoms with Crippen molar-refractivity contribution < 1.29 is 4.84 Å². The lowest BCUT2D eigenvalue weighted by atomic mass is 10.2. The van der Waals surface area contributed by atoms with Crippen LogP contribution >= 0.6 is 0 Å². The van der Waals surface area contributed by atoms with Crippen molar-refractivity contribution in [3.8, 4) is 0 Å². The molecular formula is C15H17N3O. The van der Waals surface area contributed by atoms with Gasteiger partial charge in [0.25, 0.3) is 0 Å². The van der Waals surface area contributed by atoms with Gasteiger partial charge < -0.3 is 4.84 Å². The molecule has 19 heavy (non-hydrogen) atoms. The SMILES string of the molecule is CCCCc1nc2cnc3ccccc3c2n1OC. The third-order valence-corrected chi connectivity index (χ3v) is 3.35. The number of unbranched alkanes of at least 4 members (excludes halogenated alkanes) is 1. The quantitative estimate of drug-likeness (QED) is 0.719. The number of hydrogen-bond donors (Lipinski definition) is 0. The minimum Gasteiger partial charge on any atom is -0.415 e. The van der Waals surface area contributed by atoms with Crippen LogP contribution in [0.1, 0.15) is 25.6 Å². The fourth-order valence-electron chi connectivity index (χ4n) is 2.41. The molecule has 0 amide bonds. The van der Waals surface area contributed by atoms with Gasteiger partial charge in [-0.15, -0.1) is 0 Å². The molecule has 0 radical (unpaired) electrons. The van der Waals surface area contributed by atoms with Crippen LogP contribution in [0.15, 0.2) is 30.5 Å². The number of fused-ring (bicyclic) bond motifs is 3. The molecule has 0 fully saturated rings. The highest BCUT2D eigenvalue weighted by Crippen LogP contribution is 2.24. The third-order valence-electron chi connectivity index (χ3n) is 3.35. The van der Waals surface area contributed by atoms with Gasteiger partial charge in [0, 0.05) is 11.8 Å². The van der Waals surface area contributed by atoms with E-state index in [9.17, 15) is 0 Å². The predicted molar refractivity (Wildman–Crippen MR) is 76.2 cm³/mol. The van der Waals surface area contributed by atoms with Crippen molar-refractivity contribution in [1.29, 1.82) is 0 Å². The van der Waals surface area contributed by atoms with Crippen LogP contribution < -0.4 is 4.84 Å². The molecule has 3 aromatic rings. The number of aryl methyl sites for hydroxylation is 1. The Morgan fingerprint density at radius 2 is 2.05 bits per heavy atom. The molecule has 0 saturated heterocycles. The summed E-state index contributed by atoms with van der Waals surface area (Å²) >= 11 is 0. The molecule has 0 aliphatic heterocycles. The van der Waals surface area contributed by atoms with Gasteiger partial charge in [-0.3, -0.25) is 4.98 Å². The molecule has 0 unspecified atom stereocenters. The number of aromatic nitrogens is 3. The number of rotatable bonds is 4. The molecule has 4 nitrogen and oxygen atoms in total. The Labute approximate surface area is 112 Å². The zero-order valence-corrected chi connectivity index (χ0v) is 11.3. The molecule has 0 spiro atoms. The summed E-state index contributed by atoms with van der Waals surface area (Å²) in [6.07, 6.45) is 5.00. The van der Waals surface area contributed by atoms with Crippen molar-refractivity contribution in [2.75, 3.05) is 7.11 Å². The number of para-hydroxylation sites is 1. The molecule has 0 bridgehead atoms. The van der Waals surface area contributed by atoms with Gasteiger partial charge in [0.1, 0.15) is 24.0 Å². The Balaban J connectivity index is 2.28. The predicted octanol–water partition coefficient (Wildman–Crippen LogP) is 2.99. The van der Waals surface area contributed by atoms with Gasteiger partial charge in [0.15, 0.2) is 0 Å². The molecule has 1 aromatic carbocycles. The van der Waals surface area contributed by atoms with Crippen molar-refractivity contribution in [3.05, 3.63) is 36.3 Å². The van der Waals surface area contributed by atoms with E-state index in [2.05, 4.69) is 23.0 Å². The number of nitrogens with zero attached hydrogens (tertiary/aromatic N) is 3. The Morgan fingerprint density at radius 3 is 2.84 bits per heavy atom. The number of hydrogen-bond acceptors (Lipinski definition) is 3. The molecule has 2 aromatic heterocycles. The maximum absolute atomic E-state index is 5.53. The third kappa shape index (κ3) is 1.93. The van der Waals surface area contributed by atoms with Crippen molar-refractivity contribution in [3.63, 3.8) is 0 Å². The molecular weight excluding hydrogens is 238 g/mol. The Morgan fingerprint density at radius 1 is 1.21 bits per heavy atom. The van der Waals surface area contributed by atoms with Crippen LogP contribution in [-0.2, 0) is 6.42 Å². The van der Waals surface area contributed by atoms with Crippen LogP contribution in [0.3, 0.4) is 0 Å². The van der Waals surface area contributed by atoms with Crippen LogP contribution in [0.5, 0.6) is 0 Å². The second-order valence-electron chi connectivity index (χ2n) is 4.62. The first-order chi connectivity index (χ1) is 9.35. The van der Waals surface area contributed by atoms with E-state index in [-0.39, 0.29) is 0 Å². The molecule has 4 heteroatoms. The molecule has 0 aliphatic carbocycles. The molecule has 2 heterocycles. The van der Waals surface area contributed by atoms with Crippen molar-refractivity contribution in [1.82, 2.24) is 14.7 Å². The molecule has 0 saturated carbocycles. The smallest absolute Gasteiger partial charge is 0.146 e. The summed E-state index contributed by atoms with van der Waals surface area (Å²) in [5.41, 5.74) is 2.88.